The lowest BCUT2D eigenvalue weighted by molar-refractivity contribution is -0.129. The van der Waals surface area contributed by atoms with Crippen LogP contribution in [0.3, 0.4) is 0 Å². The third-order valence-corrected chi connectivity index (χ3v) is 4.95. The summed E-state index contributed by atoms with van der Waals surface area (Å²) in [6, 6.07) is 23.2. The topological polar surface area (TPSA) is 47.9 Å². The van der Waals surface area contributed by atoms with Gasteiger partial charge in [-0.15, -0.1) is 0 Å². The molecule has 4 rings (SSSR count). The predicted molar refractivity (Wildman–Crippen MR) is 117 cm³/mol. The molecule has 0 spiro atoms. The molecule has 0 radical (unpaired) electrons. The average Bonchev–Trinajstić information content (AvgIpc) is 3.09. The van der Waals surface area contributed by atoms with Crippen molar-refractivity contribution in [1.29, 1.82) is 0 Å². The number of carbonyl (C=O) groups is 1. The first kappa shape index (κ1) is 19.2. The molecule has 1 heterocycles. The monoisotopic (exact) mass is 447 g/mol. The van der Waals surface area contributed by atoms with Crippen molar-refractivity contribution in [2.75, 3.05) is 0 Å². The molecule has 0 fully saturated rings. The Labute approximate surface area is 177 Å². The third kappa shape index (κ3) is 4.81. The highest BCUT2D eigenvalue weighted by atomic mass is 79.9. The molecule has 0 unspecified atom stereocenters. The molecule has 0 aromatic heterocycles. The highest BCUT2D eigenvalue weighted by molar-refractivity contribution is 9.10. The second-order valence-electron chi connectivity index (χ2n) is 6.69. The van der Waals surface area contributed by atoms with Crippen molar-refractivity contribution in [3.05, 3.63) is 105 Å². The zero-order valence-electron chi connectivity index (χ0n) is 15.8. The molecule has 5 heteroatoms. The number of cyclic esters (lactones) is 1. The molecule has 0 saturated carbocycles. The molecule has 1 aliphatic heterocycles. The van der Waals surface area contributed by atoms with Gasteiger partial charge in [-0.05, 0) is 60.5 Å². The van der Waals surface area contributed by atoms with E-state index >= 15 is 0 Å². The predicted octanol–water partition coefficient (Wildman–Crippen LogP) is 5.68. The normalized spacial score (nSPS) is 14.6. The molecule has 0 atom stereocenters. The third-order valence-electron chi connectivity index (χ3n) is 4.42. The number of hydrogen-bond donors (Lipinski definition) is 0. The minimum absolute atomic E-state index is 0.282. The molecule has 0 amide bonds. The minimum atomic E-state index is -0.448. The highest BCUT2D eigenvalue weighted by Crippen LogP contribution is 2.21. The maximum absolute atomic E-state index is 12.1. The fraction of sp³-hybridized carbons (Fsp3) is 0.0833. The van der Waals surface area contributed by atoms with Crippen LogP contribution in [-0.2, 0) is 16.1 Å². The fourth-order valence-corrected chi connectivity index (χ4v) is 3.06. The van der Waals surface area contributed by atoms with E-state index in [1.165, 1.54) is 0 Å². The van der Waals surface area contributed by atoms with E-state index in [1.54, 1.807) is 6.08 Å². The molecular formula is C24H18BrNO3. The van der Waals surface area contributed by atoms with Crippen molar-refractivity contribution < 1.29 is 14.3 Å². The van der Waals surface area contributed by atoms with E-state index in [-0.39, 0.29) is 5.70 Å². The first-order valence-electron chi connectivity index (χ1n) is 9.14. The van der Waals surface area contributed by atoms with Crippen molar-refractivity contribution >= 4 is 33.9 Å². The lowest BCUT2D eigenvalue weighted by Gasteiger charge is -2.06. The molecule has 29 heavy (non-hydrogen) atoms. The quantitative estimate of drug-likeness (QED) is 0.373. The highest BCUT2D eigenvalue weighted by Gasteiger charge is 2.23. The Morgan fingerprint density at radius 3 is 2.34 bits per heavy atom. The summed E-state index contributed by atoms with van der Waals surface area (Å²) in [7, 11) is 0. The second-order valence-corrected chi connectivity index (χ2v) is 7.60. The number of aryl methyl sites for hydroxylation is 1. The van der Waals surface area contributed by atoms with Gasteiger partial charge in [0.15, 0.2) is 5.70 Å². The Bertz CT molecular complexity index is 1080. The van der Waals surface area contributed by atoms with Crippen molar-refractivity contribution in [3.63, 3.8) is 0 Å². The van der Waals surface area contributed by atoms with Crippen molar-refractivity contribution in [2.45, 2.75) is 13.5 Å². The molecule has 3 aromatic rings. The lowest BCUT2D eigenvalue weighted by Crippen LogP contribution is -2.05. The van der Waals surface area contributed by atoms with Gasteiger partial charge >= 0.3 is 5.97 Å². The number of rotatable bonds is 5. The molecule has 0 N–H and O–H groups in total. The van der Waals surface area contributed by atoms with E-state index in [0.29, 0.717) is 12.5 Å². The smallest absolute Gasteiger partial charge is 0.363 e. The largest absolute Gasteiger partial charge is 0.489 e. The van der Waals surface area contributed by atoms with E-state index in [2.05, 4.69) is 20.9 Å². The van der Waals surface area contributed by atoms with Gasteiger partial charge in [-0.3, -0.25) is 0 Å². The Balaban J connectivity index is 1.44. The Morgan fingerprint density at radius 1 is 0.966 bits per heavy atom. The summed E-state index contributed by atoms with van der Waals surface area (Å²) < 4.78 is 12.2. The molecule has 0 saturated heterocycles. The van der Waals surface area contributed by atoms with Crippen molar-refractivity contribution in [1.82, 2.24) is 0 Å². The van der Waals surface area contributed by atoms with Gasteiger partial charge in [0, 0.05) is 10.0 Å². The van der Waals surface area contributed by atoms with Gasteiger partial charge in [-0.1, -0.05) is 57.9 Å². The minimum Gasteiger partial charge on any atom is -0.489 e. The van der Waals surface area contributed by atoms with Crippen LogP contribution in [0.2, 0.25) is 0 Å². The first-order chi connectivity index (χ1) is 14.1. The van der Waals surface area contributed by atoms with Crippen molar-refractivity contribution in [2.24, 2.45) is 4.99 Å². The zero-order chi connectivity index (χ0) is 20.2. The average molecular weight is 448 g/mol. The van der Waals surface area contributed by atoms with Gasteiger partial charge in [-0.2, -0.15) is 0 Å². The van der Waals surface area contributed by atoms with Crippen LogP contribution in [0.15, 0.2) is 88.0 Å². The van der Waals surface area contributed by atoms with E-state index in [9.17, 15) is 4.79 Å². The number of aliphatic imine (C=N–C) groups is 1. The number of ether oxygens (including phenoxy) is 2. The van der Waals surface area contributed by atoms with Crippen LogP contribution in [0.25, 0.3) is 6.08 Å². The summed E-state index contributed by atoms with van der Waals surface area (Å²) in [4.78, 5) is 16.5. The summed E-state index contributed by atoms with van der Waals surface area (Å²) in [6.07, 6.45) is 1.71. The van der Waals surface area contributed by atoms with Crippen LogP contribution in [0.5, 0.6) is 5.75 Å². The van der Waals surface area contributed by atoms with Crippen LogP contribution in [-0.4, -0.2) is 11.9 Å². The standard InChI is InChI=1S/C24H18BrNO3/c1-16-2-8-19(9-3-16)23-26-22(24(27)29-23)14-17-6-12-21(13-7-17)28-15-18-4-10-20(25)11-5-18/h2-14H,15H2,1H3/b22-14+. The van der Waals surface area contributed by atoms with Crippen LogP contribution >= 0.6 is 15.9 Å². The molecule has 0 bridgehead atoms. The molecule has 3 aromatic carbocycles. The molecule has 4 nitrogen and oxygen atoms in total. The zero-order valence-corrected chi connectivity index (χ0v) is 17.3. The van der Waals surface area contributed by atoms with Gasteiger partial charge < -0.3 is 9.47 Å². The van der Waals surface area contributed by atoms with E-state index in [0.717, 1.165) is 32.5 Å². The maximum Gasteiger partial charge on any atom is 0.363 e. The number of esters is 1. The van der Waals surface area contributed by atoms with Gasteiger partial charge in [0.1, 0.15) is 12.4 Å². The molecule has 1 aliphatic rings. The summed E-state index contributed by atoms with van der Waals surface area (Å²) >= 11 is 3.42. The van der Waals surface area contributed by atoms with Crippen LogP contribution in [0, 0.1) is 6.92 Å². The van der Waals surface area contributed by atoms with Gasteiger partial charge in [-0.25, -0.2) is 9.79 Å². The molecular weight excluding hydrogens is 430 g/mol. The maximum atomic E-state index is 12.1. The summed E-state index contributed by atoms with van der Waals surface area (Å²) in [5.74, 6) is 0.639. The Kier molecular flexibility index (Phi) is 5.58. The van der Waals surface area contributed by atoms with E-state index in [4.69, 9.17) is 9.47 Å². The Hall–Kier alpha value is -3.18. The summed E-state index contributed by atoms with van der Waals surface area (Å²) in [5, 5.41) is 0. The van der Waals surface area contributed by atoms with Crippen LogP contribution < -0.4 is 4.74 Å². The van der Waals surface area contributed by atoms with E-state index in [1.807, 2.05) is 79.7 Å². The molecule has 0 aliphatic carbocycles. The number of benzene rings is 3. The summed E-state index contributed by atoms with van der Waals surface area (Å²) in [5.41, 5.74) is 4.14. The number of nitrogens with zero attached hydrogens (tertiary/aromatic N) is 1. The van der Waals surface area contributed by atoms with E-state index < -0.39 is 5.97 Å². The number of carbonyl (C=O) groups excluding carboxylic acids is 1. The fourth-order valence-electron chi connectivity index (χ4n) is 2.79. The Morgan fingerprint density at radius 2 is 1.66 bits per heavy atom. The number of hydrogen-bond acceptors (Lipinski definition) is 4. The summed E-state index contributed by atoms with van der Waals surface area (Å²) in [6.45, 7) is 2.49. The second kappa shape index (κ2) is 8.45. The van der Waals surface area contributed by atoms with Crippen molar-refractivity contribution in [3.8, 4) is 5.75 Å². The van der Waals surface area contributed by atoms with Crippen LogP contribution in [0.1, 0.15) is 22.3 Å². The first-order valence-corrected chi connectivity index (χ1v) is 9.93. The lowest BCUT2D eigenvalue weighted by atomic mass is 10.1. The van der Waals surface area contributed by atoms with Gasteiger partial charge in [0.2, 0.25) is 5.90 Å². The molecule has 144 valence electrons. The van der Waals surface area contributed by atoms with Crippen LogP contribution in [0.4, 0.5) is 0 Å². The van der Waals surface area contributed by atoms with Gasteiger partial charge in [0.05, 0.1) is 0 Å². The van der Waals surface area contributed by atoms with Gasteiger partial charge in [0.25, 0.3) is 0 Å². The number of halogens is 1. The SMILES string of the molecule is Cc1ccc(C2=N/C(=C/c3ccc(OCc4ccc(Br)cc4)cc3)C(=O)O2)cc1.